The molecule has 0 aliphatic heterocycles. The van der Waals surface area contributed by atoms with Gasteiger partial charge in [-0.1, -0.05) is 5.21 Å². The summed E-state index contributed by atoms with van der Waals surface area (Å²) in [6.07, 6.45) is 7.45. The van der Waals surface area contributed by atoms with Crippen LogP contribution in [-0.2, 0) is 20.1 Å². The van der Waals surface area contributed by atoms with E-state index in [1.807, 2.05) is 30.3 Å². The maximum absolute atomic E-state index is 3.98. The summed E-state index contributed by atoms with van der Waals surface area (Å²) in [5.74, 6) is 0. The Labute approximate surface area is 87.9 Å². The average molecular weight is 206 g/mol. The number of aromatic nitrogens is 5. The van der Waals surface area contributed by atoms with Gasteiger partial charge in [-0.25, -0.2) is 4.98 Å². The highest BCUT2D eigenvalue weighted by molar-refractivity contribution is 4.90. The number of rotatable bonds is 5. The van der Waals surface area contributed by atoms with Gasteiger partial charge in [-0.15, -0.1) is 5.10 Å². The van der Waals surface area contributed by atoms with E-state index in [9.17, 15) is 0 Å². The molecule has 0 radical (unpaired) electrons. The lowest BCUT2D eigenvalue weighted by atomic mass is 10.4. The molecule has 6 heteroatoms. The minimum atomic E-state index is 0.753. The SMILES string of the molecule is Cn1cc(CNCCn2ccnc2)nn1. The molecular weight excluding hydrogens is 192 g/mol. The predicted octanol–water partition coefficient (Wildman–Crippen LogP) is -0.199. The van der Waals surface area contributed by atoms with E-state index in [0.29, 0.717) is 0 Å². The standard InChI is InChI=1S/C9H14N6/c1-14-7-9(12-13-14)6-10-2-4-15-5-3-11-8-15/h3,5,7-8,10H,2,4,6H2,1H3. The molecule has 2 aromatic heterocycles. The average Bonchev–Trinajstić information content (AvgIpc) is 2.84. The summed E-state index contributed by atoms with van der Waals surface area (Å²) in [6, 6.07) is 0. The number of aryl methyl sites for hydroxylation is 1. The van der Waals surface area contributed by atoms with Gasteiger partial charge in [-0.3, -0.25) is 4.68 Å². The summed E-state index contributed by atoms with van der Waals surface area (Å²) in [5, 5.41) is 11.1. The maximum Gasteiger partial charge on any atom is 0.0964 e. The van der Waals surface area contributed by atoms with E-state index in [0.717, 1.165) is 25.3 Å². The topological polar surface area (TPSA) is 60.6 Å². The molecule has 0 unspecified atom stereocenters. The van der Waals surface area contributed by atoms with Crippen molar-refractivity contribution in [3.63, 3.8) is 0 Å². The quantitative estimate of drug-likeness (QED) is 0.688. The van der Waals surface area contributed by atoms with Crippen molar-refractivity contribution >= 4 is 0 Å². The number of nitrogens with zero attached hydrogens (tertiary/aromatic N) is 5. The van der Waals surface area contributed by atoms with Crippen molar-refractivity contribution in [3.05, 3.63) is 30.6 Å². The lowest BCUT2D eigenvalue weighted by Crippen LogP contribution is -2.19. The molecule has 0 aliphatic carbocycles. The highest BCUT2D eigenvalue weighted by Gasteiger charge is 1.96. The van der Waals surface area contributed by atoms with Gasteiger partial charge in [0.2, 0.25) is 0 Å². The third-order valence-corrected chi connectivity index (χ3v) is 2.06. The van der Waals surface area contributed by atoms with Gasteiger partial charge in [0.05, 0.1) is 12.0 Å². The van der Waals surface area contributed by atoms with Crippen molar-refractivity contribution < 1.29 is 0 Å². The molecule has 0 spiro atoms. The first-order chi connectivity index (χ1) is 7.34. The molecule has 2 heterocycles. The zero-order valence-corrected chi connectivity index (χ0v) is 8.67. The Morgan fingerprint density at radius 3 is 3.07 bits per heavy atom. The smallest absolute Gasteiger partial charge is 0.0964 e. The van der Waals surface area contributed by atoms with Crippen LogP contribution in [0.25, 0.3) is 0 Å². The van der Waals surface area contributed by atoms with E-state index >= 15 is 0 Å². The summed E-state index contributed by atoms with van der Waals surface area (Å²) < 4.78 is 3.73. The van der Waals surface area contributed by atoms with Crippen LogP contribution in [0.5, 0.6) is 0 Å². The Morgan fingerprint density at radius 2 is 2.40 bits per heavy atom. The lowest BCUT2D eigenvalue weighted by Gasteiger charge is -2.02. The van der Waals surface area contributed by atoms with Crippen LogP contribution in [0.2, 0.25) is 0 Å². The van der Waals surface area contributed by atoms with Gasteiger partial charge >= 0.3 is 0 Å². The minimum Gasteiger partial charge on any atom is -0.336 e. The van der Waals surface area contributed by atoms with Gasteiger partial charge in [0.25, 0.3) is 0 Å². The van der Waals surface area contributed by atoms with Crippen LogP contribution in [0.4, 0.5) is 0 Å². The minimum absolute atomic E-state index is 0.753. The molecule has 2 rings (SSSR count). The molecule has 0 saturated heterocycles. The first-order valence-corrected chi connectivity index (χ1v) is 4.86. The third-order valence-electron chi connectivity index (χ3n) is 2.06. The molecule has 6 nitrogen and oxygen atoms in total. The fourth-order valence-corrected chi connectivity index (χ4v) is 1.32. The fraction of sp³-hybridized carbons (Fsp3) is 0.444. The molecular formula is C9H14N6. The maximum atomic E-state index is 3.98. The van der Waals surface area contributed by atoms with Crippen LogP contribution >= 0.6 is 0 Å². The molecule has 2 aromatic rings. The number of hydrogen-bond acceptors (Lipinski definition) is 4. The first-order valence-electron chi connectivity index (χ1n) is 4.86. The number of nitrogens with one attached hydrogen (secondary N) is 1. The zero-order valence-electron chi connectivity index (χ0n) is 8.67. The highest BCUT2D eigenvalue weighted by atomic mass is 15.4. The van der Waals surface area contributed by atoms with Crippen LogP contribution < -0.4 is 5.32 Å². The number of imidazole rings is 1. The third kappa shape index (κ3) is 2.88. The Morgan fingerprint density at radius 1 is 1.47 bits per heavy atom. The van der Waals surface area contributed by atoms with Crippen molar-refractivity contribution in [2.24, 2.45) is 7.05 Å². The van der Waals surface area contributed by atoms with Gasteiger partial charge < -0.3 is 9.88 Å². The van der Waals surface area contributed by atoms with Crippen molar-refractivity contribution in [1.82, 2.24) is 29.9 Å². The van der Waals surface area contributed by atoms with Crippen LogP contribution in [0.15, 0.2) is 24.9 Å². The van der Waals surface area contributed by atoms with E-state index in [1.54, 1.807) is 10.9 Å². The molecule has 0 aromatic carbocycles. The van der Waals surface area contributed by atoms with E-state index in [2.05, 4.69) is 20.6 Å². The van der Waals surface area contributed by atoms with Crippen molar-refractivity contribution in [3.8, 4) is 0 Å². The van der Waals surface area contributed by atoms with Crippen molar-refractivity contribution in [1.29, 1.82) is 0 Å². The lowest BCUT2D eigenvalue weighted by molar-refractivity contribution is 0.591. The Balaban J connectivity index is 1.67. The monoisotopic (exact) mass is 206 g/mol. The molecule has 80 valence electrons. The molecule has 0 bridgehead atoms. The predicted molar refractivity (Wildman–Crippen MR) is 54.9 cm³/mol. The van der Waals surface area contributed by atoms with Crippen LogP contribution in [0.3, 0.4) is 0 Å². The van der Waals surface area contributed by atoms with Crippen LogP contribution in [0.1, 0.15) is 5.69 Å². The summed E-state index contributed by atoms with van der Waals surface area (Å²) in [4.78, 5) is 3.97. The van der Waals surface area contributed by atoms with E-state index in [-0.39, 0.29) is 0 Å². The molecule has 0 aliphatic rings. The van der Waals surface area contributed by atoms with E-state index in [4.69, 9.17) is 0 Å². The largest absolute Gasteiger partial charge is 0.336 e. The molecule has 15 heavy (non-hydrogen) atoms. The zero-order chi connectivity index (χ0) is 10.5. The molecule has 0 fully saturated rings. The van der Waals surface area contributed by atoms with Gasteiger partial charge in [0, 0.05) is 45.3 Å². The van der Waals surface area contributed by atoms with Crippen molar-refractivity contribution in [2.75, 3.05) is 6.54 Å². The van der Waals surface area contributed by atoms with Gasteiger partial charge in [0.15, 0.2) is 0 Å². The second kappa shape index (κ2) is 4.70. The summed E-state index contributed by atoms with van der Waals surface area (Å²) >= 11 is 0. The molecule has 0 atom stereocenters. The summed E-state index contributed by atoms with van der Waals surface area (Å²) in [5.41, 5.74) is 0.961. The normalized spacial score (nSPS) is 10.7. The molecule has 1 N–H and O–H groups in total. The van der Waals surface area contributed by atoms with Crippen molar-refractivity contribution in [2.45, 2.75) is 13.1 Å². The fourth-order valence-electron chi connectivity index (χ4n) is 1.32. The highest BCUT2D eigenvalue weighted by Crippen LogP contribution is 1.90. The Kier molecular flexibility index (Phi) is 3.08. The Hall–Kier alpha value is -1.69. The van der Waals surface area contributed by atoms with E-state index in [1.165, 1.54) is 0 Å². The first kappa shape index (κ1) is 9.85. The van der Waals surface area contributed by atoms with Crippen LogP contribution in [0, 0.1) is 0 Å². The van der Waals surface area contributed by atoms with Gasteiger partial charge in [-0.2, -0.15) is 0 Å². The molecule has 0 amide bonds. The van der Waals surface area contributed by atoms with Crippen LogP contribution in [-0.4, -0.2) is 31.1 Å². The second-order valence-electron chi connectivity index (χ2n) is 3.36. The van der Waals surface area contributed by atoms with Gasteiger partial charge in [-0.05, 0) is 0 Å². The summed E-state index contributed by atoms with van der Waals surface area (Å²) in [6.45, 7) is 2.57. The van der Waals surface area contributed by atoms with Gasteiger partial charge in [0.1, 0.15) is 0 Å². The molecule has 0 saturated carbocycles. The second-order valence-corrected chi connectivity index (χ2v) is 3.36. The van der Waals surface area contributed by atoms with E-state index < -0.39 is 0 Å². The summed E-state index contributed by atoms with van der Waals surface area (Å²) in [7, 11) is 1.86. The Bertz CT molecular complexity index is 390. The number of hydrogen-bond donors (Lipinski definition) is 1.